The maximum atomic E-state index is 12.5. The number of thiophene rings is 1. The highest BCUT2D eigenvalue weighted by Crippen LogP contribution is 2.18. The quantitative estimate of drug-likeness (QED) is 0.591. The van der Waals surface area contributed by atoms with E-state index in [1.54, 1.807) is 16.8 Å². The number of nitrogens with one attached hydrogen (secondary N) is 1. The van der Waals surface area contributed by atoms with Crippen molar-refractivity contribution in [3.8, 4) is 5.69 Å². The van der Waals surface area contributed by atoms with Crippen LogP contribution in [0.15, 0.2) is 52.9 Å². The molecule has 8 heteroatoms. The third kappa shape index (κ3) is 3.39. The van der Waals surface area contributed by atoms with E-state index >= 15 is 0 Å². The van der Waals surface area contributed by atoms with Crippen molar-refractivity contribution >= 4 is 33.3 Å². The number of amides is 1. The monoisotopic (exact) mass is 379 g/mol. The Balaban J connectivity index is 1.58. The van der Waals surface area contributed by atoms with Crippen molar-refractivity contribution in [1.82, 2.24) is 19.3 Å². The molecule has 1 aromatic carbocycles. The molecule has 1 amide bonds. The summed E-state index contributed by atoms with van der Waals surface area (Å²) in [6.45, 7) is 3.76. The third-order valence-corrected chi connectivity index (χ3v) is 5.02. The summed E-state index contributed by atoms with van der Waals surface area (Å²) in [6.07, 6.45) is 1.40. The first-order valence-electron chi connectivity index (χ1n) is 8.37. The number of aromatic nitrogens is 4. The van der Waals surface area contributed by atoms with Crippen LogP contribution >= 0.6 is 11.3 Å². The number of aryl methyl sites for hydroxylation is 2. The number of rotatable bonds is 4. The minimum atomic E-state index is -0.317. The lowest BCUT2D eigenvalue weighted by molar-refractivity contribution is -0.116. The fourth-order valence-electron chi connectivity index (χ4n) is 2.80. The van der Waals surface area contributed by atoms with Gasteiger partial charge in [0, 0.05) is 6.07 Å². The molecule has 0 bridgehead atoms. The van der Waals surface area contributed by atoms with E-state index in [0.29, 0.717) is 16.0 Å². The number of benzene rings is 1. The van der Waals surface area contributed by atoms with Crippen molar-refractivity contribution in [3.05, 3.63) is 69.7 Å². The molecule has 4 aromatic rings. The number of fused-ring (bicyclic) bond motifs is 1. The Morgan fingerprint density at radius 2 is 1.96 bits per heavy atom. The minimum Gasteiger partial charge on any atom is -0.309 e. The minimum absolute atomic E-state index is 0.113. The molecule has 0 aliphatic carbocycles. The van der Waals surface area contributed by atoms with Crippen LogP contribution in [0.4, 0.5) is 5.82 Å². The Labute approximate surface area is 158 Å². The maximum Gasteiger partial charge on any atom is 0.271 e. The lowest BCUT2D eigenvalue weighted by Crippen LogP contribution is -2.28. The number of nitrogens with zero attached hydrogens (tertiary/aromatic N) is 4. The molecule has 0 spiro atoms. The van der Waals surface area contributed by atoms with Gasteiger partial charge in [-0.25, -0.2) is 9.67 Å². The molecule has 7 nitrogen and oxygen atoms in total. The Bertz CT molecular complexity index is 1190. The van der Waals surface area contributed by atoms with Crippen LogP contribution in [0.3, 0.4) is 0 Å². The summed E-state index contributed by atoms with van der Waals surface area (Å²) in [5.41, 5.74) is 3.21. The summed E-state index contributed by atoms with van der Waals surface area (Å²) < 4.78 is 3.54. The Hall–Kier alpha value is -3.26. The van der Waals surface area contributed by atoms with Gasteiger partial charge in [0.1, 0.15) is 17.1 Å². The highest BCUT2D eigenvalue weighted by molar-refractivity contribution is 7.17. The second kappa shape index (κ2) is 6.81. The fourth-order valence-corrected chi connectivity index (χ4v) is 3.59. The van der Waals surface area contributed by atoms with Gasteiger partial charge in [0.05, 0.1) is 23.2 Å². The van der Waals surface area contributed by atoms with Gasteiger partial charge in [-0.05, 0) is 37.4 Å². The van der Waals surface area contributed by atoms with Gasteiger partial charge in [-0.1, -0.05) is 17.7 Å². The first kappa shape index (κ1) is 17.2. The van der Waals surface area contributed by atoms with E-state index in [9.17, 15) is 9.59 Å². The zero-order valence-electron chi connectivity index (χ0n) is 14.8. The van der Waals surface area contributed by atoms with Crippen LogP contribution in [-0.4, -0.2) is 25.2 Å². The van der Waals surface area contributed by atoms with Crippen LogP contribution in [-0.2, 0) is 11.3 Å². The van der Waals surface area contributed by atoms with Crippen LogP contribution in [0.5, 0.6) is 0 Å². The largest absolute Gasteiger partial charge is 0.309 e. The molecule has 27 heavy (non-hydrogen) atoms. The van der Waals surface area contributed by atoms with Crippen LogP contribution in [0, 0.1) is 13.8 Å². The van der Waals surface area contributed by atoms with E-state index in [1.807, 2.05) is 43.5 Å². The molecule has 4 rings (SSSR count). The molecule has 0 atom stereocenters. The van der Waals surface area contributed by atoms with Gasteiger partial charge in [0.15, 0.2) is 0 Å². The molecule has 0 unspecified atom stereocenters. The molecule has 3 aromatic heterocycles. The van der Waals surface area contributed by atoms with Crippen molar-refractivity contribution in [2.24, 2.45) is 0 Å². The fraction of sp³-hybridized carbons (Fsp3) is 0.158. The van der Waals surface area contributed by atoms with E-state index in [-0.39, 0.29) is 18.0 Å². The van der Waals surface area contributed by atoms with Crippen LogP contribution < -0.4 is 10.9 Å². The Morgan fingerprint density at radius 1 is 1.19 bits per heavy atom. The summed E-state index contributed by atoms with van der Waals surface area (Å²) in [6, 6.07) is 11.4. The molecule has 0 fully saturated rings. The lowest BCUT2D eigenvalue weighted by atomic mass is 10.2. The van der Waals surface area contributed by atoms with Gasteiger partial charge in [0.2, 0.25) is 5.91 Å². The number of hydrogen-bond acceptors (Lipinski definition) is 5. The Kier molecular flexibility index (Phi) is 4.33. The molecule has 3 heterocycles. The number of anilines is 1. The highest BCUT2D eigenvalue weighted by atomic mass is 32.1. The summed E-state index contributed by atoms with van der Waals surface area (Å²) >= 11 is 1.32. The molecule has 0 saturated heterocycles. The zero-order chi connectivity index (χ0) is 19.0. The SMILES string of the molecule is Cc1ccc(-n2nc(C)cc2NC(=O)Cn2cnc3ccsc3c2=O)cc1. The summed E-state index contributed by atoms with van der Waals surface area (Å²) in [5, 5.41) is 9.10. The van der Waals surface area contributed by atoms with Crippen LogP contribution in [0.1, 0.15) is 11.3 Å². The smallest absolute Gasteiger partial charge is 0.271 e. The average molecular weight is 379 g/mol. The normalized spacial score (nSPS) is 11.0. The second-order valence-electron chi connectivity index (χ2n) is 6.28. The van der Waals surface area contributed by atoms with Crippen molar-refractivity contribution in [2.75, 3.05) is 5.32 Å². The van der Waals surface area contributed by atoms with E-state index in [1.165, 1.54) is 22.2 Å². The van der Waals surface area contributed by atoms with Crippen LogP contribution in [0.2, 0.25) is 0 Å². The van der Waals surface area contributed by atoms with Gasteiger partial charge in [0.25, 0.3) is 5.56 Å². The molecule has 136 valence electrons. The highest BCUT2D eigenvalue weighted by Gasteiger charge is 2.13. The van der Waals surface area contributed by atoms with Crippen molar-refractivity contribution in [3.63, 3.8) is 0 Å². The van der Waals surface area contributed by atoms with Gasteiger partial charge in [-0.15, -0.1) is 11.3 Å². The van der Waals surface area contributed by atoms with Crippen molar-refractivity contribution < 1.29 is 4.79 Å². The molecule has 0 aliphatic rings. The molecular formula is C19H17N5O2S. The first-order chi connectivity index (χ1) is 13.0. The number of carbonyl (C=O) groups is 1. The van der Waals surface area contributed by atoms with Crippen molar-refractivity contribution in [2.45, 2.75) is 20.4 Å². The predicted octanol–water partition coefficient (Wildman–Crippen LogP) is 2.90. The number of hydrogen-bond donors (Lipinski definition) is 1. The number of carbonyl (C=O) groups excluding carboxylic acids is 1. The summed E-state index contributed by atoms with van der Waals surface area (Å²) in [5.74, 6) is 0.239. The standard InChI is InChI=1S/C19H17N5O2S/c1-12-3-5-14(6-4-12)24-16(9-13(2)22-24)21-17(25)10-23-11-20-15-7-8-27-18(15)19(23)26/h3-9,11H,10H2,1-2H3,(H,21,25). The van der Waals surface area contributed by atoms with Gasteiger partial charge >= 0.3 is 0 Å². The molecule has 0 saturated carbocycles. The van der Waals surface area contributed by atoms with E-state index in [2.05, 4.69) is 15.4 Å². The lowest BCUT2D eigenvalue weighted by Gasteiger charge is -2.10. The zero-order valence-corrected chi connectivity index (χ0v) is 15.7. The topological polar surface area (TPSA) is 81.8 Å². The van der Waals surface area contributed by atoms with Gasteiger partial charge in [-0.3, -0.25) is 14.2 Å². The van der Waals surface area contributed by atoms with Gasteiger partial charge in [-0.2, -0.15) is 5.10 Å². The Morgan fingerprint density at radius 3 is 2.74 bits per heavy atom. The second-order valence-corrected chi connectivity index (χ2v) is 7.20. The van der Waals surface area contributed by atoms with Crippen molar-refractivity contribution in [1.29, 1.82) is 0 Å². The van der Waals surface area contributed by atoms with E-state index in [4.69, 9.17) is 0 Å². The molecule has 0 aliphatic heterocycles. The van der Waals surface area contributed by atoms with Crippen LogP contribution in [0.25, 0.3) is 15.9 Å². The molecule has 0 radical (unpaired) electrons. The summed E-state index contributed by atoms with van der Waals surface area (Å²) in [7, 11) is 0. The molecule has 1 N–H and O–H groups in total. The first-order valence-corrected chi connectivity index (χ1v) is 9.25. The van der Waals surface area contributed by atoms with Gasteiger partial charge < -0.3 is 5.32 Å². The average Bonchev–Trinajstić information content (AvgIpc) is 3.25. The third-order valence-electron chi connectivity index (χ3n) is 4.13. The van der Waals surface area contributed by atoms with E-state index in [0.717, 1.165) is 16.9 Å². The predicted molar refractivity (Wildman–Crippen MR) is 106 cm³/mol. The molecular weight excluding hydrogens is 362 g/mol. The van der Waals surface area contributed by atoms with E-state index < -0.39 is 0 Å². The maximum absolute atomic E-state index is 12.5. The summed E-state index contributed by atoms with van der Waals surface area (Å²) in [4.78, 5) is 29.2.